The summed E-state index contributed by atoms with van der Waals surface area (Å²) >= 11 is 7.05. The summed E-state index contributed by atoms with van der Waals surface area (Å²) in [7, 11) is 0.863. The van der Waals surface area contributed by atoms with Gasteiger partial charge in [-0.15, -0.1) is 0 Å². The molecule has 3 rings (SSSR count). The summed E-state index contributed by atoms with van der Waals surface area (Å²) in [6.07, 6.45) is -4.88. The van der Waals surface area contributed by atoms with Crippen molar-refractivity contribution in [2.24, 2.45) is 7.05 Å². The number of alkyl halides is 3. The zero-order chi connectivity index (χ0) is 17.8. The van der Waals surface area contributed by atoms with Gasteiger partial charge in [-0.05, 0) is 18.0 Å². The minimum Gasteiger partial charge on any atom is -0.328 e. The summed E-state index contributed by atoms with van der Waals surface area (Å²) in [6, 6.07) is 1.16. The first-order valence-electron chi connectivity index (χ1n) is 6.42. The number of aromatic nitrogens is 2. The average Bonchev–Trinajstić information content (AvgIpc) is 2.94. The monoisotopic (exact) mass is 381 g/mol. The Bertz CT molecular complexity index is 968. The number of fused-ring (bicyclic) bond motifs is 1. The summed E-state index contributed by atoms with van der Waals surface area (Å²) in [5.41, 5.74) is -3.81. The molecule has 1 aromatic carbocycles. The van der Waals surface area contributed by atoms with Gasteiger partial charge in [-0.1, -0.05) is 11.6 Å². The summed E-state index contributed by atoms with van der Waals surface area (Å²) in [5.74, 6) is -0.777. The summed E-state index contributed by atoms with van der Waals surface area (Å²) in [5, 5.41) is 0.0491. The van der Waals surface area contributed by atoms with Crippen LogP contribution in [0.1, 0.15) is 11.3 Å². The van der Waals surface area contributed by atoms with Crippen molar-refractivity contribution in [1.82, 2.24) is 9.13 Å². The molecule has 24 heavy (non-hydrogen) atoms. The number of nitrogens with one attached hydrogen (secondary N) is 1. The molecule has 0 amide bonds. The van der Waals surface area contributed by atoms with E-state index >= 15 is 0 Å². The zero-order valence-electron chi connectivity index (χ0n) is 11.9. The van der Waals surface area contributed by atoms with Crippen LogP contribution in [-0.4, -0.2) is 9.13 Å². The number of halogens is 5. The fourth-order valence-electron chi connectivity index (χ4n) is 2.44. The van der Waals surface area contributed by atoms with Gasteiger partial charge in [-0.3, -0.25) is 9.36 Å². The lowest BCUT2D eigenvalue weighted by molar-refractivity contribution is -0.144. The van der Waals surface area contributed by atoms with Crippen molar-refractivity contribution in [3.63, 3.8) is 0 Å². The molecule has 2 aromatic rings. The minimum absolute atomic E-state index is 0.0491. The minimum atomic E-state index is -4.88. The number of benzene rings is 1. The van der Waals surface area contributed by atoms with E-state index in [2.05, 4.69) is 4.72 Å². The lowest BCUT2D eigenvalue weighted by atomic mass is 10.1. The average molecular weight is 382 g/mol. The molecule has 2 heterocycles. The van der Waals surface area contributed by atoms with Crippen LogP contribution in [-0.2, 0) is 19.0 Å². The van der Waals surface area contributed by atoms with E-state index < -0.39 is 34.6 Å². The number of rotatable bonds is 1. The van der Waals surface area contributed by atoms with Gasteiger partial charge >= 0.3 is 11.9 Å². The quantitative estimate of drug-likeness (QED) is 0.609. The third kappa shape index (κ3) is 2.49. The maximum atomic E-state index is 14.4. The first-order chi connectivity index (χ1) is 11.1. The van der Waals surface area contributed by atoms with Gasteiger partial charge in [-0.25, -0.2) is 13.8 Å². The van der Waals surface area contributed by atoms with E-state index in [0.717, 1.165) is 25.1 Å². The second kappa shape index (κ2) is 5.55. The van der Waals surface area contributed by atoms with Crippen LogP contribution in [0.3, 0.4) is 0 Å². The number of nitrogens with zero attached hydrogens (tertiary/aromatic N) is 2. The molecule has 0 saturated carbocycles. The molecule has 0 saturated heterocycles. The van der Waals surface area contributed by atoms with Crippen LogP contribution >= 0.6 is 23.5 Å². The summed E-state index contributed by atoms with van der Waals surface area (Å²) in [4.78, 5) is 24.4. The molecular weight excluding hydrogens is 374 g/mol. The Morgan fingerprint density at radius 3 is 2.58 bits per heavy atom. The Balaban J connectivity index is 2.39. The lowest BCUT2D eigenvalue weighted by Crippen LogP contribution is -2.41. The van der Waals surface area contributed by atoms with Crippen molar-refractivity contribution in [1.29, 1.82) is 0 Å². The van der Waals surface area contributed by atoms with Crippen LogP contribution in [0, 0.1) is 5.82 Å². The van der Waals surface area contributed by atoms with Gasteiger partial charge in [0.1, 0.15) is 11.5 Å². The second-order valence-electron chi connectivity index (χ2n) is 4.98. The Morgan fingerprint density at radius 2 is 1.96 bits per heavy atom. The van der Waals surface area contributed by atoms with Crippen molar-refractivity contribution < 1.29 is 17.6 Å². The molecule has 1 N–H and O–H groups in total. The molecule has 0 aliphatic carbocycles. The van der Waals surface area contributed by atoms with Crippen molar-refractivity contribution in [2.75, 3.05) is 4.72 Å². The Kier molecular flexibility index (Phi) is 3.91. The third-order valence-electron chi connectivity index (χ3n) is 3.53. The second-order valence-corrected chi connectivity index (χ2v) is 6.16. The largest absolute Gasteiger partial charge is 0.431 e. The van der Waals surface area contributed by atoms with Gasteiger partial charge in [0.2, 0.25) is 0 Å². The van der Waals surface area contributed by atoms with E-state index in [9.17, 15) is 27.2 Å². The summed E-state index contributed by atoms with van der Waals surface area (Å²) in [6.45, 7) is 0. The summed E-state index contributed by atoms with van der Waals surface area (Å²) < 4.78 is 56.5. The standard InChI is InChI=1S/C13H8ClF4N3O2S/c1-20-8(13(16,17)18)3-9(22)21(12(20)23)11-5-4-24-19-10(5)6(14)2-7(11)15/h2-3,19H,4H2,1H3. The SMILES string of the molecule is Cn1c(C(F)(F)F)cc(=O)n(-c2c(F)cc(Cl)c3c2CSN3)c1=O. The Labute approximate surface area is 141 Å². The van der Waals surface area contributed by atoms with Crippen molar-refractivity contribution in [3.8, 4) is 5.69 Å². The zero-order valence-corrected chi connectivity index (χ0v) is 13.4. The van der Waals surface area contributed by atoms with Crippen LogP contribution in [0.5, 0.6) is 0 Å². The van der Waals surface area contributed by atoms with Crippen LogP contribution in [0.4, 0.5) is 23.2 Å². The fourth-order valence-corrected chi connectivity index (χ4v) is 3.62. The van der Waals surface area contributed by atoms with Gasteiger partial charge < -0.3 is 4.72 Å². The molecule has 0 fully saturated rings. The smallest absolute Gasteiger partial charge is 0.328 e. The van der Waals surface area contributed by atoms with Crippen molar-refractivity contribution in [2.45, 2.75) is 11.9 Å². The molecule has 0 bridgehead atoms. The first-order valence-corrected chi connectivity index (χ1v) is 7.78. The van der Waals surface area contributed by atoms with Gasteiger partial charge in [0, 0.05) is 24.4 Å². The molecule has 1 aliphatic heterocycles. The molecule has 1 aliphatic rings. The molecule has 128 valence electrons. The Hall–Kier alpha value is -1.94. The molecule has 11 heteroatoms. The molecule has 0 radical (unpaired) electrons. The highest BCUT2D eigenvalue weighted by Crippen LogP contribution is 2.41. The predicted molar refractivity (Wildman–Crippen MR) is 82.2 cm³/mol. The first kappa shape index (κ1) is 16.9. The van der Waals surface area contributed by atoms with Gasteiger partial charge in [0.05, 0.1) is 16.4 Å². The van der Waals surface area contributed by atoms with E-state index in [0.29, 0.717) is 10.3 Å². The van der Waals surface area contributed by atoms with Crippen LogP contribution in [0.2, 0.25) is 5.02 Å². The van der Waals surface area contributed by atoms with E-state index in [4.69, 9.17) is 11.6 Å². The topological polar surface area (TPSA) is 56.0 Å². The van der Waals surface area contributed by atoms with Gasteiger partial charge in [-0.2, -0.15) is 13.2 Å². The van der Waals surface area contributed by atoms with Crippen molar-refractivity contribution in [3.05, 3.63) is 55.1 Å². The molecular formula is C13H8ClF4N3O2S. The molecule has 5 nitrogen and oxygen atoms in total. The number of hydrogen-bond donors (Lipinski definition) is 1. The molecule has 0 unspecified atom stereocenters. The number of hydrogen-bond acceptors (Lipinski definition) is 4. The van der Waals surface area contributed by atoms with Crippen LogP contribution in [0.25, 0.3) is 5.69 Å². The lowest BCUT2D eigenvalue weighted by Gasteiger charge is -2.16. The van der Waals surface area contributed by atoms with Gasteiger partial charge in [0.15, 0.2) is 0 Å². The highest BCUT2D eigenvalue weighted by molar-refractivity contribution is 8.00. The predicted octanol–water partition coefficient (Wildman–Crippen LogP) is 2.92. The Morgan fingerprint density at radius 1 is 1.29 bits per heavy atom. The van der Waals surface area contributed by atoms with E-state index in [-0.39, 0.29) is 27.0 Å². The normalized spacial score (nSPS) is 13.8. The number of anilines is 1. The van der Waals surface area contributed by atoms with Gasteiger partial charge in [0.25, 0.3) is 5.56 Å². The van der Waals surface area contributed by atoms with E-state index in [1.54, 1.807) is 0 Å². The van der Waals surface area contributed by atoms with Crippen LogP contribution in [0.15, 0.2) is 21.7 Å². The maximum Gasteiger partial charge on any atom is 0.431 e. The fraction of sp³-hybridized carbons (Fsp3) is 0.231. The maximum absolute atomic E-state index is 14.4. The van der Waals surface area contributed by atoms with E-state index in [1.165, 1.54) is 0 Å². The molecule has 0 spiro atoms. The van der Waals surface area contributed by atoms with Crippen molar-refractivity contribution >= 4 is 29.2 Å². The highest BCUT2D eigenvalue weighted by atomic mass is 35.5. The molecule has 0 atom stereocenters. The molecule has 1 aromatic heterocycles. The third-order valence-corrected chi connectivity index (χ3v) is 4.61. The highest BCUT2D eigenvalue weighted by Gasteiger charge is 2.36. The van der Waals surface area contributed by atoms with Crippen LogP contribution < -0.4 is 16.0 Å². The van der Waals surface area contributed by atoms with E-state index in [1.807, 2.05) is 0 Å².